The van der Waals surface area contributed by atoms with E-state index in [1.165, 1.54) is 6.21 Å². The number of halogens is 1. The molecule has 28 heavy (non-hydrogen) atoms. The fourth-order valence-corrected chi connectivity index (χ4v) is 3.93. The van der Waals surface area contributed by atoms with Gasteiger partial charge in [0.15, 0.2) is 5.78 Å². The van der Waals surface area contributed by atoms with Gasteiger partial charge in [-0.1, -0.05) is 36.4 Å². The highest BCUT2D eigenvalue weighted by atomic mass is 35.5. The molecule has 2 aliphatic heterocycles. The van der Waals surface area contributed by atoms with Crippen molar-refractivity contribution in [1.82, 2.24) is 0 Å². The van der Waals surface area contributed by atoms with E-state index in [-0.39, 0.29) is 12.2 Å². The Morgan fingerprint density at radius 2 is 2.00 bits per heavy atom. The number of amides is 1. The number of rotatable bonds is 6. The summed E-state index contributed by atoms with van der Waals surface area (Å²) in [5, 5.41) is 2.14. The molecule has 0 radical (unpaired) electrons. The zero-order valence-electron chi connectivity index (χ0n) is 14.8. The van der Waals surface area contributed by atoms with Gasteiger partial charge in [0.25, 0.3) is 0 Å². The Balaban J connectivity index is 1.88. The van der Waals surface area contributed by atoms with E-state index >= 15 is 0 Å². The molecule has 2 aromatic carbocycles. The third kappa shape index (κ3) is 3.12. The number of allylic oxidation sites excluding steroid dienone is 1. The fraction of sp³-hybridized carbons (Fsp3) is 0.143. The molecule has 2 heterocycles. The minimum atomic E-state index is -0.580. The van der Waals surface area contributed by atoms with Crippen LogP contribution in [0, 0.1) is 0 Å². The molecule has 1 atom stereocenters. The van der Waals surface area contributed by atoms with E-state index in [1.54, 1.807) is 12.3 Å². The molecule has 0 bridgehead atoms. The maximum Gasteiger partial charge on any atom is 0.226 e. The van der Waals surface area contributed by atoms with Crippen molar-refractivity contribution in [2.45, 2.75) is 18.9 Å². The highest BCUT2D eigenvalue weighted by Crippen LogP contribution is 2.50. The Labute approximate surface area is 166 Å². The number of nitrogens with one attached hydrogen (secondary N) is 1. The number of hydrogen-bond acceptors (Lipinski definition) is 5. The Morgan fingerprint density at radius 1 is 1.21 bits per heavy atom. The summed E-state index contributed by atoms with van der Waals surface area (Å²) >= 11 is 5.57. The van der Waals surface area contributed by atoms with E-state index < -0.39 is 11.2 Å². The Kier molecular flexibility index (Phi) is 4.79. The van der Waals surface area contributed by atoms with E-state index in [9.17, 15) is 14.4 Å². The largest absolute Gasteiger partial charge is 0.338 e. The molecule has 7 heteroatoms. The normalized spacial score (nSPS) is 17.0. The number of ketones is 1. The number of carbonyl (C=O) groups is 3. The van der Waals surface area contributed by atoms with E-state index in [0.717, 1.165) is 16.9 Å². The van der Waals surface area contributed by atoms with Crippen molar-refractivity contribution < 1.29 is 14.4 Å². The Morgan fingerprint density at radius 3 is 2.71 bits per heavy atom. The predicted octanol–water partition coefficient (Wildman–Crippen LogP) is 3.16. The van der Waals surface area contributed by atoms with Crippen LogP contribution in [0.3, 0.4) is 0 Å². The highest BCUT2D eigenvalue weighted by molar-refractivity contribution is 6.63. The summed E-state index contributed by atoms with van der Waals surface area (Å²) in [6.45, 7) is 0.549. The molecule has 1 unspecified atom stereocenters. The fourth-order valence-electron chi connectivity index (χ4n) is 3.79. The number of aliphatic imine (C=N–C) groups is 1. The molecular formula is C21H16ClN3O3. The lowest BCUT2D eigenvalue weighted by atomic mass is 9.90. The third-order valence-electron chi connectivity index (χ3n) is 4.91. The minimum Gasteiger partial charge on any atom is -0.338 e. The van der Waals surface area contributed by atoms with E-state index in [1.807, 2.05) is 41.3 Å². The number of Topliss-reactive ketones (excluding diaryl/α,β-unsaturated/α-hetero) is 1. The average molecular weight is 394 g/mol. The van der Waals surface area contributed by atoms with Crippen LogP contribution >= 0.6 is 11.6 Å². The van der Waals surface area contributed by atoms with Gasteiger partial charge in [0.2, 0.25) is 11.7 Å². The first kappa shape index (κ1) is 18.1. The van der Waals surface area contributed by atoms with Crippen molar-refractivity contribution >= 4 is 46.6 Å². The van der Waals surface area contributed by atoms with Crippen molar-refractivity contribution in [2.24, 2.45) is 4.99 Å². The number of hydrogen-bond donors (Lipinski definition) is 1. The Bertz CT molecular complexity index is 1030. The van der Waals surface area contributed by atoms with Gasteiger partial charge in [0.05, 0.1) is 23.5 Å². The predicted molar refractivity (Wildman–Crippen MR) is 108 cm³/mol. The van der Waals surface area contributed by atoms with Gasteiger partial charge < -0.3 is 10.2 Å². The summed E-state index contributed by atoms with van der Waals surface area (Å²) in [5.74, 6) is -0.748. The topological polar surface area (TPSA) is 78.8 Å². The smallest absolute Gasteiger partial charge is 0.226 e. The van der Waals surface area contributed by atoms with Gasteiger partial charge in [-0.3, -0.25) is 19.4 Å². The van der Waals surface area contributed by atoms with Crippen LogP contribution in [0.4, 0.5) is 11.4 Å². The number of carbonyl (C=O) groups excluding carboxylic acids is 3. The van der Waals surface area contributed by atoms with Gasteiger partial charge in [-0.2, -0.15) is 0 Å². The molecule has 0 saturated heterocycles. The number of benzene rings is 2. The standard InChI is InChI=1S/C21H16ClN3O3/c22-18(28)8-14-6-7-15-20(21(14)24-12-26)19-16(9-23-10-17(19)27)25(15)11-13-4-2-1-3-5-13/h1-7,9-10,12,19H,8,11H2,(H,24,26). The zero-order chi connectivity index (χ0) is 19.7. The molecule has 4 rings (SSSR count). The molecule has 140 valence electrons. The maximum atomic E-state index is 12.7. The molecule has 6 nitrogen and oxygen atoms in total. The second kappa shape index (κ2) is 7.40. The lowest BCUT2D eigenvalue weighted by molar-refractivity contribution is -0.113. The first-order chi connectivity index (χ1) is 13.6. The van der Waals surface area contributed by atoms with Crippen molar-refractivity contribution in [1.29, 1.82) is 0 Å². The van der Waals surface area contributed by atoms with Crippen LogP contribution in [0.5, 0.6) is 0 Å². The van der Waals surface area contributed by atoms with Gasteiger partial charge in [0.1, 0.15) is 0 Å². The molecule has 0 saturated carbocycles. The summed E-state index contributed by atoms with van der Waals surface area (Å²) < 4.78 is 0. The first-order valence-electron chi connectivity index (χ1n) is 8.73. The molecule has 0 aromatic heterocycles. The molecule has 0 aliphatic carbocycles. The third-order valence-corrected chi connectivity index (χ3v) is 5.04. The average Bonchev–Trinajstić information content (AvgIpc) is 2.99. The molecule has 2 aromatic rings. The SMILES string of the molecule is O=CNc1c(CC(=O)Cl)ccc2c1C1C(=O)C=NC=C1N2Cc1ccccc1. The summed E-state index contributed by atoms with van der Waals surface area (Å²) in [6, 6.07) is 13.5. The number of nitrogens with zero attached hydrogens (tertiary/aromatic N) is 2. The summed E-state index contributed by atoms with van der Waals surface area (Å²) in [5.41, 5.74) is 4.31. The van der Waals surface area contributed by atoms with E-state index in [2.05, 4.69) is 10.3 Å². The van der Waals surface area contributed by atoms with Gasteiger partial charge in [-0.25, -0.2) is 0 Å². The van der Waals surface area contributed by atoms with Crippen molar-refractivity contribution in [3.05, 3.63) is 71.1 Å². The van der Waals surface area contributed by atoms with Crippen molar-refractivity contribution in [3.63, 3.8) is 0 Å². The zero-order valence-corrected chi connectivity index (χ0v) is 15.5. The van der Waals surface area contributed by atoms with Crippen LogP contribution in [0.1, 0.15) is 22.6 Å². The quantitative estimate of drug-likeness (QED) is 0.604. The van der Waals surface area contributed by atoms with Crippen molar-refractivity contribution in [2.75, 3.05) is 10.2 Å². The summed E-state index contributed by atoms with van der Waals surface area (Å²) in [7, 11) is 0. The Hall–Kier alpha value is -3.25. The van der Waals surface area contributed by atoms with Crippen LogP contribution in [-0.4, -0.2) is 23.7 Å². The monoisotopic (exact) mass is 393 g/mol. The van der Waals surface area contributed by atoms with Crippen LogP contribution < -0.4 is 10.2 Å². The minimum absolute atomic E-state index is 0.0439. The van der Waals surface area contributed by atoms with E-state index in [0.29, 0.717) is 29.8 Å². The van der Waals surface area contributed by atoms with Gasteiger partial charge in [-0.15, -0.1) is 0 Å². The van der Waals surface area contributed by atoms with E-state index in [4.69, 9.17) is 11.6 Å². The van der Waals surface area contributed by atoms with Gasteiger partial charge >= 0.3 is 0 Å². The maximum absolute atomic E-state index is 12.7. The first-order valence-corrected chi connectivity index (χ1v) is 9.10. The molecule has 0 spiro atoms. The van der Waals surface area contributed by atoms with Crippen LogP contribution in [0.15, 0.2) is 59.4 Å². The number of fused-ring (bicyclic) bond motifs is 3. The van der Waals surface area contributed by atoms with Gasteiger partial charge in [-0.05, 0) is 28.8 Å². The lowest BCUT2D eigenvalue weighted by Crippen LogP contribution is -2.24. The van der Waals surface area contributed by atoms with Crippen LogP contribution in [0.2, 0.25) is 0 Å². The summed E-state index contributed by atoms with van der Waals surface area (Å²) in [4.78, 5) is 41.5. The molecule has 1 N–H and O–H groups in total. The van der Waals surface area contributed by atoms with Crippen LogP contribution in [0.25, 0.3) is 0 Å². The van der Waals surface area contributed by atoms with Crippen molar-refractivity contribution in [3.8, 4) is 0 Å². The molecule has 0 fully saturated rings. The van der Waals surface area contributed by atoms with Gasteiger partial charge in [0, 0.05) is 30.4 Å². The second-order valence-electron chi connectivity index (χ2n) is 6.57. The van der Waals surface area contributed by atoms with Crippen LogP contribution in [-0.2, 0) is 27.3 Å². The molecular weight excluding hydrogens is 378 g/mol. The number of anilines is 2. The molecule has 2 aliphatic rings. The lowest BCUT2D eigenvalue weighted by Gasteiger charge is -2.23. The second-order valence-corrected chi connectivity index (χ2v) is 6.99. The molecule has 1 amide bonds. The summed E-state index contributed by atoms with van der Waals surface area (Å²) in [6.07, 6.45) is 3.46. The highest BCUT2D eigenvalue weighted by Gasteiger charge is 2.41.